The molecule has 0 spiro atoms. The van der Waals surface area contributed by atoms with Crippen LogP contribution in [0.15, 0.2) is 0 Å². The minimum atomic E-state index is -4.77. The van der Waals surface area contributed by atoms with Crippen LogP contribution >= 0.6 is 0 Å². The third-order valence-corrected chi connectivity index (χ3v) is 0. The van der Waals surface area contributed by atoms with Crippen molar-refractivity contribution in [3.8, 4) is 0 Å². The zero-order valence-electron chi connectivity index (χ0n) is 2.63. The van der Waals surface area contributed by atoms with Gasteiger partial charge in [0.15, 0.2) is 0 Å². The average molecular weight is 191 g/mol. The van der Waals surface area contributed by atoms with Gasteiger partial charge in [0.2, 0.25) is 0 Å². The molecule has 4 heteroatoms. The SMILES string of the molecule is C[Te](=O)(=O)[O-]. The first kappa shape index (κ1) is 5.35. The van der Waals surface area contributed by atoms with E-state index in [1.807, 2.05) is 0 Å². The molecule has 0 radical (unpaired) electrons. The molecule has 0 aromatic carbocycles. The Bertz CT molecular complexity index is 90.1. The Morgan fingerprint density at radius 2 is 1.60 bits per heavy atom. The molecule has 0 aliphatic rings. The topological polar surface area (TPSA) is 57.2 Å². The van der Waals surface area contributed by atoms with Crippen molar-refractivity contribution in [2.45, 2.75) is 4.97 Å². The van der Waals surface area contributed by atoms with E-state index in [4.69, 9.17) is 0 Å². The zero-order valence-corrected chi connectivity index (χ0v) is 4.96. The number of rotatable bonds is 0. The van der Waals surface area contributed by atoms with E-state index >= 15 is 0 Å². The predicted molar refractivity (Wildman–Crippen MR) is 13.0 cm³/mol. The van der Waals surface area contributed by atoms with Crippen molar-refractivity contribution in [2.24, 2.45) is 0 Å². The molecular weight excluding hydrogens is 188 g/mol. The standard InChI is InChI=1S/CH4O3Te/c1-5(2,3)4/h1H3,(H,2,3,4)/p-1. The van der Waals surface area contributed by atoms with E-state index in [9.17, 15) is 9.68 Å². The monoisotopic (exact) mass is 193 g/mol. The maximum absolute atomic E-state index is 9.18. The Kier molecular flexibility index (Phi) is 1.30. The van der Waals surface area contributed by atoms with Crippen LogP contribution in [0.4, 0.5) is 0 Å². The first-order valence-corrected chi connectivity index (χ1v) is 6.09. The third kappa shape index (κ3) is 196. The summed E-state index contributed by atoms with van der Waals surface area (Å²) < 4.78 is 27.5. The van der Waals surface area contributed by atoms with E-state index in [0.717, 1.165) is 0 Å². The summed E-state index contributed by atoms with van der Waals surface area (Å²) in [6.07, 6.45) is 0. The third-order valence-electron chi connectivity index (χ3n) is 0. The second-order valence-corrected chi connectivity index (χ2v) is 4.72. The normalized spacial score (nSPS) is 11.6. The van der Waals surface area contributed by atoms with Gasteiger partial charge in [0.05, 0.1) is 0 Å². The van der Waals surface area contributed by atoms with Gasteiger partial charge in [-0.15, -0.1) is 0 Å². The van der Waals surface area contributed by atoms with E-state index in [1.165, 1.54) is 0 Å². The summed E-state index contributed by atoms with van der Waals surface area (Å²) in [6, 6.07) is 0. The van der Waals surface area contributed by atoms with Crippen LogP contribution in [0.3, 0.4) is 0 Å². The summed E-state index contributed by atoms with van der Waals surface area (Å²) >= 11 is -4.77. The molecule has 0 saturated heterocycles. The Morgan fingerprint density at radius 3 is 1.60 bits per heavy atom. The molecule has 0 heterocycles. The van der Waals surface area contributed by atoms with Crippen LogP contribution in [-0.4, -0.2) is 18.6 Å². The summed E-state index contributed by atoms with van der Waals surface area (Å²) in [6.45, 7) is 0. The van der Waals surface area contributed by atoms with Crippen LogP contribution in [0.1, 0.15) is 0 Å². The van der Waals surface area contributed by atoms with Crippen LogP contribution < -0.4 is 3.47 Å². The molecule has 0 fully saturated rings. The fraction of sp³-hybridized carbons (Fsp3) is 1.00. The van der Waals surface area contributed by atoms with Gasteiger partial charge in [0.25, 0.3) is 0 Å². The molecule has 0 unspecified atom stereocenters. The Morgan fingerprint density at radius 1 is 1.60 bits per heavy atom. The van der Waals surface area contributed by atoms with Gasteiger partial charge < -0.3 is 0 Å². The van der Waals surface area contributed by atoms with Gasteiger partial charge in [-0.05, 0) is 0 Å². The molecule has 0 N–H and O–H groups in total. The van der Waals surface area contributed by atoms with Gasteiger partial charge in [-0.2, -0.15) is 0 Å². The van der Waals surface area contributed by atoms with Crippen molar-refractivity contribution in [1.29, 1.82) is 0 Å². The van der Waals surface area contributed by atoms with Gasteiger partial charge in [-0.1, -0.05) is 0 Å². The summed E-state index contributed by atoms with van der Waals surface area (Å²) in [5, 5.41) is 0. The van der Waals surface area contributed by atoms with Crippen molar-refractivity contribution >= 4 is 18.6 Å². The molecule has 0 atom stereocenters. The average Bonchev–Trinajstić information content (AvgIpc) is 0.722. The minimum absolute atomic E-state index is 0.711. The second-order valence-electron chi connectivity index (χ2n) is 0.704. The zero-order chi connectivity index (χ0) is 4.50. The van der Waals surface area contributed by atoms with E-state index in [2.05, 4.69) is 0 Å². The van der Waals surface area contributed by atoms with E-state index in [1.54, 1.807) is 0 Å². The molecule has 5 heavy (non-hydrogen) atoms. The van der Waals surface area contributed by atoms with Crippen molar-refractivity contribution < 1.29 is 9.68 Å². The van der Waals surface area contributed by atoms with Crippen LogP contribution in [0.5, 0.6) is 0 Å². The second kappa shape index (κ2) is 1.21. The fourth-order valence-electron chi connectivity index (χ4n) is 0. The quantitative estimate of drug-likeness (QED) is 0.450. The Hall–Kier alpha value is 0.350. The van der Waals surface area contributed by atoms with Crippen LogP contribution in [0, 0.1) is 0 Å². The van der Waals surface area contributed by atoms with Gasteiger partial charge in [-0.25, -0.2) is 0 Å². The number of hydrogen-bond donors (Lipinski definition) is 0. The van der Waals surface area contributed by atoms with Gasteiger partial charge in [0, 0.05) is 0 Å². The van der Waals surface area contributed by atoms with Gasteiger partial charge >= 0.3 is 33.2 Å². The first-order chi connectivity index (χ1) is 2.00. The summed E-state index contributed by atoms with van der Waals surface area (Å²) in [7, 11) is 0. The predicted octanol–water partition coefficient (Wildman–Crippen LogP) is -1.22. The van der Waals surface area contributed by atoms with E-state index in [0.29, 0.717) is 4.97 Å². The van der Waals surface area contributed by atoms with E-state index in [-0.39, 0.29) is 0 Å². The molecule has 32 valence electrons. The van der Waals surface area contributed by atoms with Gasteiger partial charge in [-0.3, -0.25) is 0 Å². The molecule has 0 aliphatic heterocycles. The molecule has 0 aromatic rings. The van der Waals surface area contributed by atoms with Crippen molar-refractivity contribution in [3.05, 3.63) is 0 Å². The Balaban J connectivity index is 4.06. The van der Waals surface area contributed by atoms with Crippen LogP contribution in [-0.2, 0) is 6.21 Å². The molecule has 0 bridgehead atoms. The summed E-state index contributed by atoms with van der Waals surface area (Å²) in [4.78, 5) is 0.711. The van der Waals surface area contributed by atoms with Crippen LogP contribution in [0.2, 0.25) is 4.97 Å². The molecule has 0 aromatic heterocycles. The molecule has 0 amide bonds. The first-order valence-electron chi connectivity index (χ1n) is 0.908. The molecular formula is CH3O3Te-. The summed E-state index contributed by atoms with van der Waals surface area (Å²) in [5.74, 6) is 0. The number of hydrogen-bond acceptors (Lipinski definition) is 3. The summed E-state index contributed by atoms with van der Waals surface area (Å²) in [5.41, 5.74) is 0. The van der Waals surface area contributed by atoms with Gasteiger partial charge in [0.1, 0.15) is 0 Å². The van der Waals surface area contributed by atoms with Crippen LogP contribution in [0.25, 0.3) is 0 Å². The van der Waals surface area contributed by atoms with E-state index < -0.39 is 18.6 Å². The molecule has 3 nitrogen and oxygen atoms in total. The van der Waals surface area contributed by atoms with Crippen molar-refractivity contribution in [1.82, 2.24) is 0 Å². The molecule has 0 aliphatic carbocycles. The Labute approximate surface area is 33.7 Å². The maximum atomic E-state index is 9.18. The van der Waals surface area contributed by atoms with Crippen molar-refractivity contribution in [3.63, 3.8) is 0 Å². The molecule has 0 saturated carbocycles. The van der Waals surface area contributed by atoms with Crippen molar-refractivity contribution in [2.75, 3.05) is 0 Å². The fourth-order valence-corrected chi connectivity index (χ4v) is 0. The molecule has 0 rings (SSSR count).